The van der Waals surface area contributed by atoms with Gasteiger partial charge in [-0.3, -0.25) is 9.59 Å². The Labute approximate surface area is 180 Å². The van der Waals surface area contributed by atoms with Crippen LogP contribution in [0.25, 0.3) is 5.69 Å². The van der Waals surface area contributed by atoms with E-state index < -0.39 is 29.3 Å². The Morgan fingerprint density at radius 2 is 1.78 bits per heavy atom. The fourth-order valence-electron chi connectivity index (χ4n) is 2.93. The first-order valence-electron chi connectivity index (χ1n) is 9.53. The molecule has 0 saturated carbocycles. The summed E-state index contributed by atoms with van der Waals surface area (Å²) in [5.74, 6) is -2.08. The normalized spacial score (nSPS) is 11.5. The summed E-state index contributed by atoms with van der Waals surface area (Å²) in [6, 6.07) is 10.4. The third-order valence-electron chi connectivity index (χ3n) is 4.23. The van der Waals surface area contributed by atoms with E-state index in [-0.39, 0.29) is 29.7 Å². The molecule has 0 aliphatic carbocycles. The minimum absolute atomic E-state index is 0.00955. The van der Waals surface area contributed by atoms with E-state index in [1.165, 1.54) is 24.3 Å². The van der Waals surface area contributed by atoms with Crippen molar-refractivity contribution < 1.29 is 27.2 Å². The maximum Gasteiger partial charge on any atom is 0.435 e. The van der Waals surface area contributed by atoms with E-state index in [4.69, 9.17) is 0 Å². The number of hydrogen-bond donors (Lipinski definition) is 2. The number of nitrogens with one attached hydrogen (secondary N) is 2. The van der Waals surface area contributed by atoms with Gasteiger partial charge in [0.2, 0.25) is 5.91 Å². The lowest BCUT2D eigenvalue weighted by molar-refractivity contribution is -0.143. The van der Waals surface area contributed by atoms with Gasteiger partial charge in [-0.1, -0.05) is 23.4 Å². The number of carbonyl (C=O) groups is 2. The zero-order valence-corrected chi connectivity index (χ0v) is 17.1. The van der Waals surface area contributed by atoms with Gasteiger partial charge in [0.05, 0.1) is 12.1 Å². The maximum absolute atomic E-state index is 13.7. The predicted molar refractivity (Wildman–Crippen MR) is 108 cm³/mol. The Balaban J connectivity index is 1.82. The number of nitrogens with zero attached hydrogens (tertiary/aromatic N) is 3. The minimum Gasteiger partial charge on any atom is -0.354 e. The molecule has 11 heteroatoms. The summed E-state index contributed by atoms with van der Waals surface area (Å²) in [6.07, 6.45) is -4.86. The van der Waals surface area contributed by atoms with E-state index in [9.17, 15) is 27.2 Å². The second-order valence-electron chi connectivity index (χ2n) is 7.23. The van der Waals surface area contributed by atoms with Crippen molar-refractivity contribution in [1.29, 1.82) is 0 Å². The fourth-order valence-corrected chi connectivity index (χ4v) is 2.93. The van der Waals surface area contributed by atoms with E-state index >= 15 is 0 Å². The second-order valence-corrected chi connectivity index (χ2v) is 7.23. The Morgan fingerprint density at radius 3 is 2.38 bits per heavy atom. The van der Waals surface area contributed by atoms with Crippen LogP contribution in [0, 0.1) is 5.82 Å². The number of hydrogen-bond acceptors (Lipinski definition) is 4. The third kappa shape index (κ3) is 5.48. The Bertz CT molecular complexity index is 1120. The number of benzene rings is 2. The Kier molecular flexibility index (Phi) is 6.56. The van der Waals surface area contributed by atoms with Gasteiger partial charge in [0.25, 0.3) is 5.91 Å². The van der Waals surface area contributed by atoms with Gasteiger partial charge in [-0.05, 0) is 49.7 Å². The number of aromatic nitrogens is 3. The molecule has 7 nitrogen and oxygen atoms in total. The summed E-state index contributed by atoms with van der Waals surface area (Å²) in [7, 11) is 0. The zero-order chi connectivity index (χ0) is 23.5. The average Bonchev–Trinajstić information content (AvgIpc) is 3.15. The van der Waals surface area contributed by atoms with Gasteiger partial charge < -0.3 is 10.6 Å². The van der Waals surface area contributed by atoms with Gasteiger partial charge in [0.15, 0.2) is 11.4 Å². The van der Waals surface area contributed by atoms with Crippen LogP contribution in [0.15, 0.2) is 48.5 Å². The molecule has 0 atom stereocenters. The smallest absolute Gasteiger partial charge is 0.354 e. The van der Waals surface area contributed by atoms with Crippen molar-refractivity contribution in [2.45, 2.75) is 32.5 Å². The molecular weight excluding hydrogens is 430 g/mol. The minimum atomic E-state index is -4.98. The molecule has 0 unspecified atom stereocenters. The van der Waals surface area contributed by atoms with Gasteiger partial charge in [0.1, 0.15) is 5.82 Å². The summed E-state index contributed by atoms with van der Waals surface area (Å²) in [5, 5.41) is 11.8. The molecule has 0 radical (unpaired) electrons. The van der Waals surface area contributed by atoms with Crippen molar-refractivity contribution in [1.82, 2.24) is 20.3 Å². The van der Waals surface area contributed by atoms with Gasteiger partial charge in [-0.2, -0.15) is 13.2 Å². The van der Waals surface area contributed by atoms with E-state index in [2.05, 4.69) is 20.9 Å². The Hall–Kier alpha value is -3.76. The fraction of sp³-hybridized carbons (Fsp3) is 0.238. The molecule has 0 aliphatic heterocycles. The first-order chi connectivity index (χ1) is 15.0. The summed E-state index contributed by atoms with van der Waals surface area (Å²) in [6.45, 7) is 3.66. The molecule has 2 amide bonds. The lowest BCUT2D eigenvalue weighted by Gasteiger charge is -2.12. The van der Waals surface area contributed by atoms with Crippen LogP contribution in [0.5, 0.6) is 0 Å². The van der Waals surface area contributed by atoms with Gasteiger partial charge in [-0.15, -0.1) is 5.10 Å². The van der Waals surface area contributed by atoms with Crippen LogP contribution in [-0.2, 0) is 17.4 Å². The van der Waals surface area contributed by atoms with Gasteiger partial charge in [0, 0.05) is 11.7 Å². The van der Waals surface area contributed by atoms with Crippen molar-refractivity contribution in [2.24, 2.45) is 0 Å². The topological polar surface area (TPSA) is 88.9 Å². The van der Waals surface area contributed by atoms with Crippen LogP contribution in [0.4, 0.5) is 23.2 Å². The van der Waals surface area contributed by atoms with Crippen LogP contribution in [0.1, 0.15) is 35.6 Å². The van der Waals surface area contributed by atoms with Crippen molar-refractivity contribution >= 4 is 17.5 Å². The molecule has 3 aromatic rings. The Morgan fingerprint density at radius 1 is 1.09 bits per heavy atom. The molecule has 2 aromatic carbocycles. The summed E-state index contributed by atoms with van der Waals surface area (Å²) in [5.41, 5.74) is -1.75. The lowest BCUT2D eigenvalue weighted by Crippen LogP contribution is -2.31. The van der Waals surface area contributed by atoms with Crippen molar-refractivity contribution in [3.63, 3.8) is 0 Å². The molecule has 3 rings (SSSR count). The van der Waals surface area contributed by atoms with Crippen LogP contribution < -0.4 is 10.6 Å². The summed E-state index contributed by atoms with van der Waals surface area (Å²) < 4.78 is 54.9. The molecule has 0 aliphatic rings. The molecule has 0 fully saturated rings. The monoisotopic (exact) mass is 449 g/mol. The highest BCUT2D eigenvalue weighted by Crippen LogP contribution is 2.33. The molecule has 0 spiro atoms. The molecule has 1 aromatic heterocycles. The summed E-state index contributed by atoms with van der Waals surface area (Å²) in [4.78, 5) is 24.3. The first-order valence-corrected chi connectivity index (χ1v) is 9.53. The van der Waals surface area contributed by atoms with Crippen molar-refractivity contribution in [2.75, 3.05) is 5.32 Å². The number of alkyl halides is 3. The molecular formula is C21H19F4N5O2. The van der Waals surface area contributed by atoms with Gasteiger partial charge >= 0.3 is 6.18 Å². The molecule has 2 N–H and O–H groups in total. The van der Waals surface area contributed by atoms with Crippen LogP contribution in [0.2, 0.25) is 0 Å². The first kappa shape index (κ1) is 22.9. The van der Waals surface area contributed by atoms with Gasteiger partial charge in [-0.25, -0.2) is 9.07 Å². The largest absolute Gasteiger partial charge is 0.435 e. The quantitative estimate of drug-likeness (QED) is 0.561. The highest BCUT2D eigenvalue weighted by Gasteiger charge is 2.42. The van der Waals surface area contributed by atoms with Crippen molar-refractivity contribution in [3.05, 3.63) is 71.3 Å². The number of halogens is 4. The van der Waals surface area contributed by atoms with E-state index in [0.29, 0.717) is 10.2 Å². The average molecular weight is 449 g/mol. The maximum atomic E-state index is 13.7. The van der Waals surface area contributed by atoms with Crippen LogP contribution in [0.3, 0.4) is 0 Å². The third-order valence-corrected chi connectivity index (χ3v) is 4.23. The van der Waals surface area contributed by atoms with E-state index in [1.807, 2.05) is 13.8 Å². The molecule has 1 heterocycles. The molecule has 168 valence electrons. The highest BCUT2D eigenvalue weighted by atomic mass is 19.4. The number of carbonyl (C=O) groups excluding carboxylic acids is 2. The number of rotatable bonds is 6. The predicted octanol–water partition coefficient (Wildman–Crippen LogP) is 3.74. The molecule has 32 heavy (non-hydrogen) atoms. The van der Waals surface area contributed by atoms with Crippen LogP contribution in [-0.4, -0.2) is 32.9 Å². The van der Waals surface area contributed by atoms with E-state index in [1.54, 1.807) is 12.1 Å². The molecule has 0 bridgehead atoms. The SMILES string of the molecule is CC(C)NC(=O)Cc1ccc(NC(=O)c2nnn(-c3cccc(F)c3)c2C(F)(F)F)cc1. The molecule has 0 saturated heterocycles. The van der Waals surface area contributed by atoms with Crippen molar-refractivity contribution in [3.8, 4) is 5.69 Å². The number of anilines is 1. The second kappa shape index (κ2) is 9.16. The standard InChI is InChI=1S/C21H19F4N5O2/c1-12(2)26-17(31)10-13-6-8-15(9-7-13)27-20(32)18-19(21(23,24)25)30(29-28-18)16-5-3-4-14(22)11-16/h3-9,11-12H,10H2,1-2H3,(H,26,31)(H,27,32). The summed E-state index contributed by atoms with van der Waals surface area (Å²) >= 11 is 0. The highest BCUT2D eigenvalue weighted by molar-refractivity contribution is 6.03. The van der Waals surface area contributed by atoms with E-state index in [0.717, 1.165) is 12.1 Å². The number of amides is 2. The zero-order valence-electron chi connectivity index (χ0n) is 17.1. The lowest BCUT2D eigenvalue weighted by atomic mass is 10.1. The van der Waals surface area contributed by atoms with Crippen LogP contribution >= 0.6 is 0 Å².